The standard InChI is InChI=1S/C15H26O3SSi/c1-5-6-9-20(3,4)18-11-14-10-13(12-19-14)15(2)16-7-8-17-15/h10,12H,5-9,11H2,1-4H3. The first-order valence-corrected chi connectivity index (χ1v) is 11.4. The molecule has 1 aliphatic heterocycles. The zero-order chi connectivity index (χ0) is 14.6. The van der Waals surface area contributed by atoms with Crippen molar-refractivity contribution in [2.45, 2.75) is 58.2 Å². The van der Waals surface area contributed by atoms with E-state index < -0.39 is 14.1 Å². The van der Waals surface area contributed by atoms with Gasteiger partial charge in [0.1, 0.15) is 0 Å². The molecule has 0 aliphatic carbocycles. The molecule has 5 heteroatoms. The Morgan fingerprint density at radius 3 is 2.70 bits per heavy atom. The molecule has 0 saturated carbocycles. The van der Waals surface area contributed by atoms with Gasteiger partial charge >= 0.3 is 0 Å². The van der Waals surface area contributed by atoms with Crippen molar-refractivity contribution in [3.05, 3.63) is 21.9 Å². The molecule has 0 unspecified atom stereocenters. The van der Waals surface area contributed by atoms with Crippen LogP contribution in [0.2, 0.25) is 19.1 Å². The Labute approximate surface area is 127 Å². The summed E-state index contributed by atoms with van der Waals surface area (Å²) in [6, 6.07) is 3.41. The Bertz CT molecular complexity index is 425. The molecule has 1 fully saturated rings. The summed E-state index contributed by atoms with van der Waals surface area (Å²) in [6.07, 6.45) is 2.52. The van der Waals surface area contributed by atoms with Gasteiger partial charge in [-0.3, -0.25) is 0 Å². The molecule has 1 saturated heterocycles. The summed E-state index contributed by atoms with van der Waals surface area (Å²) in [4.78, 5) is 1.26. The molecular formula is C15H26O3SSi. The molecule has 0 spiro atoms. The molecule has 0 amide bonds. The van der Waals surface area contributed by atoms with Gasteiger partial charge in [-0.05, 0) is 37.5 Å². The lowest BCUT2D eigenvalue weighted by molar-refractivity contribution is -0.149. The van der Waals surface area contributed by atoms with Crippen LogP contribution in [-0.2, 0) is 26.3 Å². The molecule has 0 aromatic carbocycles. The van der Waals surface area contributed by atoms with Crippen LogP contribution in [0.3, 0.4) is 0 Å². The van der Waals surface area contributed by atoms with Crippen LogP contribution in [0.5, 0.6) is 0 Å². The molecule has 0 radical (unpaired) electrons. The van der Waals surface area contributed by atoms with Crippen molar-refractivity contribution in [1.29, 1.82) is 0 Å². The molecule has 2 heterocycles. The molecule has 3 nitrogen and oxygen atoms in total. The smallest absolute Gasteiger partial charge is 0.192 e. The van der Waals surface area contributed by atoms with Gasteiger partial charge in [0.2, 0.25) is 0 Å². The van der Waals surface area contributed by atoms with Crippen molar-refractivity contribution in [2.24, 2.45) is 0 Å². The van der Waals surface area contributed by atoms with Gasteiger partial charge < -0.3 is 13.9 Å². The second-order valence-electron chi connectivity index (χ2n) is 6.10. The lowest BCUT2D eigenvalue weighted by Crippen LogP contribution is -2.29. The van der Waals surface area contributed by atoms with Crippen LogP contribution in [0.1, 0.15) is 37.1 Å². The summed E-state index contributed by atoms with van der Waals surface area (Å²) in [5, 5.41) is 2.13. The highest BCUT2D eigenvalue weighted by atomic mass is 32.1. The van der Waals surface area contributed by atoms with Crippen LogP contribution in [0.15, 0.2) is 11.4 Å². The molecule has 0 N–H and O–H groups in total. The summed E-state index contributed by atoms with van der Waals surface area (Å²) in [5.74, 6) is -0.552. The van der Waals surface area contributed by atoms with E-state index in [2.05, 4.69) is 31.5 Å². The highest BCUT2D eigenvalue weighted by Crippen LogP contribution is 2.34. The predicted octanol–water partition coefficient (Wildman–Crippen LogP) is 4.49. The van der Waals surface area contributed by atoms with E-state index in [1.165, 1.54) is 23.8 Å². The van der Waals surface area contributed by atoms with Gasteiger partial charge in [-0.1, -0.05) is 19.8 Å². The van der Waals surface area contributed by atoms with Gasteiger partial charge in [0.25, 0.3) is 0 Å². The van der Waals surface area contributed by atoms with Crippen molar-refractivity contribution < 1.29 is 13.9 Å². The zero-order valence-electron chi connectivity index (χ0n) is 13.0. The van der Waals surface area contributed by atoms with Gasteiger partial charge in [0.15, 0.2) is 14.1 Å². The average molecular weight is 315 g/mol. The highest BCUT2D eigenvalue weighted by Gasteiger charge is 2.34. The maximum absolute atomic E-state index is 6.19. The Kier molecular flexibility index (Phi) is 5.42. The number of thiophene rings is 1. The summed E-state index contributed by atoms with van der Waals surface area (Å²) in [5.41, 5.74) is 1.12. The molecular weight excluding hydrogens is 288 g/mol. The second kappa shape index (κ2) is 6.71. The largest absolute Gasteiger partial charge is 0.412 e. The third-order valence-corrected chi connectivity index (χ3v) is 7.15. The van der Waals surface area contributed by atoms with E-state index in [-0.39, 0.29) is 0 Å². The highest BCUT2D eigenvalue weighted by molar-refractivity contribution is 7.10. The van der Waals surface area contributed by atoms with E-state index in [0.29, 0.717) is 13.2 Å². The SMILES string of the molecule is CCCC[Si](C)(C)OCc1cc(C2(C)OCCO2)cs1. The first-order valence-electron chi connectivity index (χ1n) is 7.45. The van der Waals surface area contributed by atoms with E-state index in [0.717, 1.165) is 12.2 Å². The number of hydrogen-bond donors (Lipinski definition) is 0. The minimum atomic E-state index is -1.50. The van der Waals surface area contributed by atoms with Gasteiger partial charge in [0.05, 0.1) is 19.8 Å². The van der Waals surface area contributed by atoms with Gasteiger partial charge in [-0.2, -0.15) is 0 Å². The Balaban J connectivity index is 1.90. The second-order valence-corrected chi connectivity index (χ2v) is 11.4. The number of ether oxygens (including phenoxy) is 2. The first kappa shape index (κ1) is 16.2. The summed E-state index contributed by atoms with van der Waals surface area (Å²) >= 11 is 1.74. The third-order valence-electron chi connectivity index (χ3n) is 3.75. The number of hydrogen-bond acceptors (Lipinski definition) is 4. The quantitative estimate of drug-likeness (QED) is 0.694. The minimum Gasteiger partial charge on any atom is -0.412 e. The van der Waals surface area contributed by atoms with E-state index in [9.17, 15) is 0 Å². The van der Waals surface area contributed by atoms with Gasteiger partial charge in [-0.15, -0.1) is 11.3 Å². The fourth-order valence-electron chi connectivity index (χ4n) is 2.32. The maximum Gasteiger partial charge on any atom is 0.192 e. The summed E-state index contributed by atoms with van der Waals surface area (Å²) in [6.45, 7) is 10.9. The van der Waals surface area contributed by atoms with Crippen molar-refractivity contribution in [3.63, 3.8) is 0 Å². The monoisotopic (exact) mass is 314 g/mol. The van der Waals surface area contributed by atoms with E-state index in [1.54, 1.807) is 11.3 Å². The zero-order valence-corrected chi connectivity index (χ0v) is 14.8. The Morgan fingerprint density at radius 2 is 2.05 bits per heavy atom. The van der Waals surface area contributed by atoms with Crippen LogP contribution in [0.25, 0.3) is 0 Å². The van der Waals surface area contributed by atoms with E-state index in [1.807, 2.05) is 6.92 Å². The Morgan fingerprint density at radius 1 is 1.35 bits per heavy atom. The number of rotatable bonds is 7. The average Bonchev–Trinajstić information content (AvgIpc) is 3.04. The van der Waals surface area contributed by atoms with Crippen molar-refractivity contribution in [2.75, 3.05) is 13.2 Å². The topological polar surface area (TPSA) is 27.7 Å². The van der Waals surface area contributed by atoms with Gasteiger partial charge in [0, 0.05) is 10.4 Å². The van der Waals surface area contributed by atoms with Crippen molar-refractivity contribution >= 4 is 19.7 Å². The molecule has 1 aliphatic rings. The molecule has 2 rings (SSSR count). The molecule has 1 aromatic heterocycles. The number of unbranched alkanes of at least 4 members (excludes halogenated alkanes) is 1. The third kappa shape index (κ3) is 4.15. The summed E-state index contributed by atoms with van der Waals surface area (Å²) < 4.78 is 17.6. The normalized spacial score (nSPS) is 18.6. The maximum atomic E-state index is 6.19. The molecule has 0 atom stereocenters. The fourth-order valence-corrected chi connectivity index (χ4v) is 5.20. The molecule has 1 aromatic rings. The first-order chi connectivity index (χ1) is 9.45. The lowest BCUT2D eigenvalue weighted by Gasteiger charge is -2.22. The molecule has 0 bridgehead atoms. The van der Waals surface area contributed by atoms with Crippen LogP contribution < -0.4 is 0 Å². The molecule has 20 heavy (non-hydrogen) atoms. The van der Waals surface area contributed by atoms with E-state index in [4.69, 9.17) is 13.9 Å². The van der Waals surface area contributed by atoms with Crippen molar-refractivity contribution in [3.8, 4) is 0 Å². The van der Waals surface area contributed by atoms with Gasteiger partial charge in [-0.25, -0.2) is 0 Å². The Hall–Kier alpha value is -0.203. The fraction of sp³-hybridized carbons (Fsp3) is 0.733. The summed E-state index contributed by atoms with van der Waals surface area (Å²) in [7, 11) is -1.50. The predicted molar refractivity (Wildman–Crippen MR) is 85.6 cm³/mol. The molecule has 114 valence electrons. The van der Waals surface area contributed by atoms with Crippen LogP contribution in [0, 0.1) is 0 Å². The van der Waals surface area contributed by atoms with Crippen molar-refractivity contribution in [1.82, 2.24) is 0 Å². The lowest BCUT2D eigenvalue weighted by atomic mass is 10.1. The van der Waals surface area contributed by atoms with Crippen LogP contribution >= 0.6 is 11.3 Å². The van der Waals surface area contributed by atoms with Crippen LogP contribution in [0.4, 0.5) is 0 Å². The van der Waals surface area contributed by atoms with E-state index >= 15 is 0 Å². The minimum absolute atomic E-state index is 0.552. The van der Waals surface area contributed by atoms with Crippen LogP contribution in [-0.4, -0.2) is 21.5 Å².